The Labute approximate surface area is 205 Å². The van der Waals surface area contributed by atoms with E-state index in [1.807, 2.05) is 43.3 Å². The molecular weight excluding hydrogens is 448 g/mol. The third-order valence-corrected chi connectivity index (χ3v) is 7.54. The standard InChI is InChI=1S/C25H28N6O2S.2H2/c1-16-11-22(30-29-16)26-21-13-23(31-14-25(15-31)9-2-10-33-25)28-24(27-21)34-19-7-3-17(4-8-19)12-20(32)18-5-6-18;;/h3-4,7-8,11,13,18H,2,5-6,9-10,12,14-15H2,1H3,(H2,26,27,28,29,30);2*1H. The monoisotopic (exact) mass is 480 g/mol. The van der Waals surface area contributed by atoms with Gasteiger partial charge in [0.05, 0.1) is 13.1 Å². The van der Waals surface area contributed by atoms with Crippen LogP contribution in [0.1, 0.15) is 39.8 Å². The van der Waals surface area contributed by atoms with E-state index in [-0.39, 0.29) is 8.45 Å². The van der Waals surface area contributed by atoms with Crippen molar-refractivity contribution in [3.8, 4) is 0 Å². The van der Waals surface area contributed by atoms with Crippen molar-refractivity contribution in [3.63, 3.8) is 0 Å². The van der Waals surface area contributed by atoms with Crippen molar-refractivity contribution in [1.82, 2.24) is 20.2 Å². The van der Waals surface area contributed by atoms with Crippen LogP contribution >= 0.6 is 11.8 Å². The Morgan fingerprint density at radius 2 is 2.06 bits per heavy atom. The number of rotatable bonds is 8. The molecule has 6 rings (SSSR count). The molecule has 0 unspecified atom stereocenters. The van der Waals surface area contributed by atoms with E-state index in [1.54, 1.807) is 0 Å². The van der Waals surface area contributed by atoms with Gasteiger partial charge in [-0.15, -0.1) is 0 Å². The molecule has 3 fully saturated rings. The van der Waals surface area contributed by atoms with Gasteiger partial charge in [-0.05, 0) is 62.1 Å². The number of ketones is 1. The summed E-state index contributed by atoms with van der Waals surface area (Å²) in [6.07, 6.45) is 4.88. The zero-order valence-electron chi connectivity index (χ0n) is 19.2. The summed E-state index contributed by atoms with van der Waals surface area (Å²) in [5, 5.41) is 11.2. The summed E-state index contributed by atoms with van der Waals surface area (Å²) in [5.41, 5.74) is 2.04. The van der Waals surface area contributed by atoms with Crippen LogP contribution in [-0.4, -0.2) is 51.2 Å². The third kappa shape index (κ3) is 4.67. The Morgan fingerprint density at radius 3 is 2.74 bits per heavy atom. The highest BCUT2D eigenvalue weighted by Gasteiger charge is 2.47. The van der Waals surface area contributed by atoms with Crippen molar-refractivity contribution in [2.24, 2.45) is 5.92 Å². The Hall–Kier alpha value is -2.91. The summed E-state index contributed by atoms with van der Waals surface area (Å²) >= 11 is 1.52. The molecule has 3 aliphatic rings. The highest BCUT2D eigenvalue weighted by atomic mass is 32.2. The van der Waals surface area contributed by atoms with E-state index < -0.39 is 0 Å². The van der Waals surface area contributed by atoms with Crippen molar-refractivity contribution in [2.75, 3.05) is 29.9 Å². The fourth-order valence-corrected chi connectivity index (χ4v) is 5.41. The van der Waals surface area contributed by atoms with Crippen molar-refractivity contribution in [2.45, 2.75) is 54.7 Å². The fraction of sp³-hybridized carbons (Fsp3) is 0.440. The number of aromatic amines is 1. The van der Waals surface area contributed by atoms with E-state index in [4.69, 9.17) is 14.7 Å². The van der Waals surface area contributed by atoms with Gasteiger partial charge >= 0.3 is 0 Å². The van der Waals surface area contributed by atoms with Gasteiger partial charge in [0.2, 0.25) is 0 Å². The first-order chi connectivity index (χ1) is 16.5. The van der Waals surface area contributed by atoms with Crippen molar-refractivity contribution >= 4 is 35.0 Å². The van der Waals surface area contributed by atoms with Gasteiger partial charge in [0, 0.05) is 44.5 Å². The van der Waals surface area contributed by atoms with E-state index in [9.17, 15) is 4.79 Å². The molecule has 1 spiro atoms. The number of ether oxygens (including phenoxy) is 1. The molecule has 2 aliphatic heterocycles. The average molecular weight is 481 g/mol. The lowest BCUT2D eigenvalue weighted by Crippen LogP contribution is -2.61. The van der Waals surface area contributed by atoms with Crippen LogP contribution in [0.4, 0.5) is 17.5 Å². The SMILES string of the molecule is Cc1cc(Nc2cc(N3CC4(CCCO4)C3)nc(Sc3ccc(CC(=O)C4CC4)cc3)n2)n[nH]1.[HH].[HH]. The molecule has 2 saturated heterocycles. The van der Waals surface area contributed by atoms with Crippen LogP contribution in [-0.2, 0) is 16.0 Å². The smallest absolute Gasteiger partial charge is 0.196 e. The van der Waals surface area contributed by atoms with Gasteiger partial charge in [-0.2, -0.15) is 5.10 Å². The number of hydrogen-bond donors (Lipinski definition) is 2. The van der Waals surface area contributed by atoms with Gasteiger partial charge in [0.25, 0.3) is 0 Å². The number of Topliss-reactive ketones (excluding diaryl/α,β-unsaturated/α-hetero) is 1. The lowest BCUT2D eigenvalue weighted by molar-refractivity contribution is -0.119. The first kappa shape index (κ1) is 21.6. The van der Waals surface area contributed by atoms with Crippen LogP contribution < -0.4 is 10.2 Å². The number of H-pyrrole nitrogens is 1. The molecular formula is C25H32N6O2S. The molecule has 1 aliphatic carbocycles. The van der Waals surface area contributed by atoms with Gasteiger partial charge in [0.1, 0.15) is 23.0 Å². The maximum Gasteiger partial charge on any atom is 0.196 e. The largest absolute Gasteiger partial charge is 0.371 e. The molecule has 180 valence electrons. The van der Waals surface area contributed by atoms with Crippen LogP contribution in [0.2, 0.25) is 0 Å². The molecule has 8 nitrogen and oxygen atoms in total. The first-order valence-electron chi connectivity index (χ1n) is 11.9. The van der Waals surface area contributed by atoms with Crippen LogP contribution in [0.25, 0.3) is 0 Å². The predicted octanol–water partition coefficient (Wildman–Crippen LogP) is 4.79. The molecule has 2 N–H and O–H groups in total. The number of aromatic nitrogens is 4. The molecule has 0 amide bonds. The predicted molar refractivity (Wildman–Crippen MR) is 135 cm³/mol. The molecule has 0 atom stereocenters. The maximum absolute atomic E-state index is 12.1. The second kappa shape index (κ2) is 8.70. The molecule has 2 aromatic heterocycles. The number of nitrogens with one attached hydrogen (secondary N) is 2. The highest BCUT2D eigenvalue weighted by molar-refractivity contribution is 7.99. The second-order valence-corrected chi connectivity index (χ2v) is 10.7. The molecule has 1 saturated carbocycles. The van der Waals surface area contributed by atoms with E-state index in [1.165, 1.54) is 11.8 Å². The summed E-state index contributed by atoms with van der Waals surface area (Å²) < 4.78 is 6.00. The van der Waals surface area contributed by atoms with Gasteiger partial charge in [-0.3, -0.25) is 9.89 Å². The normalized spacial score (nSPS) is 18.8. The number of nitrogens with zero attached hydrogens (tertiary/aromatic N) is 4. The maximum atomic E-state index is 12.1. The van der Waals surface area contributed by atoms with Crippen LogP contribution in [0, 0.1) is 12.8 Å². The minimum Gasteiger partial charge on any atom is -0.371 e. The Bertz CT molecular complexity index is 1200. The van der Waals surface area contributed by atoms with Gasteiger partial charge in [0.15, 0.2) is 11.0 Å². The molecule has 0 radical (unpaired) electrons. The number of hydrogen-bond acceptors (Lipinski definition) is 8. The average Bonchev–Trinajstić information content (AvgIpc) is 3.40. The summed E-state index contributed by atoms with van der Waals surface area (Å²) in [5.74, 6) is 2.98. The molecule has 34 heavy (non-hydrogen) atoms. The van der Waals surface area contributed by atoms with Crippen molar-refractivity contribution < 1.29 is 12.4 Å². The summed E-state index contributed by atoms with van der Waals surface area (Å²) in [6.45, 7) is 4.54. The molecule has 4 heterocycles. The van der Waals surface area contributed by atoms with Crippen LogP contribution in [0.3, 0.4) is 0 Å². The fourth-order valence-electron chi connectivity index (χ4n) is 4.65. The van der Waals surface area contributed by atoms with Crippen molar-refractivity contribution in [3.05, 3.63) is 47.7 Å². The van der Waals surface area contributed by atoms with Crippen LogP contribution in [0.5, 0.6) is 0 Å². The minimum absolute atomic E-state index is 0. The number of carbonyl (C=O) groups excluding carboxylic acids is 1. The lowest BCUT2D eigenvalue weighted by atomic mass is 9.91. The van der Waals surface area contributed by atoms with Gasteiger partial charge in [-0.1, -0.05) is 12.1 Å². The topological polar surface area (TPSA) is 96.0 Å². The summed E-state index contributed by atoms with van der Waals surface area (Å²) in [7, 11) is 0. The highest BCUT2D eigenvalue weighted by Crippen LogP contribution is 2.38. The Kier molecular flexibility index (Phi) is 5.53. The number of benzene rings is 1. The summed E-state index contributed by atoms with van der Waals surface area (Å²) in [4.78, 5) is 25.0. The van der Waals surface area contributed by atoms with Gasteiger partial charge in [-0.25, -0.2) is 9.97 Å². The third-order valence-electron chi connectivity index (χ3n) is 6.66. The Morgan fingerprint density at radius 1 is 1.24 bits per heavy atom. The lowest BCUT2D eigenvalue weighted by Gasteiger charge is -2.47. The minimum atomic E-state index is -0.00111. The van der Waals surface area contributed by atoms with Gasteiger partial charge < -0.3 is 15.0 Å². The number of aryl methyl sites for hydroxylation is 1. The van der Waals surface area contributed by atoms with Crippen LogP contribution in [0.15, 0.2) is 46.5 Å². The number of carbonyl (C=O) groups is 1. The second-order valence-electron chi connectivity index (χ2n) is 9.61. The molecule has 3 aromatic rings. The van der Waals surface area contributed by atoms with Crippen molar-refractivity contribution in [1.29, 1.82) is 0 Å². The van der Waals surface area contributed by atoms with E-state index in [2.05, 4.69) is 20.4 Å². The molecule has 1 aromatic carbocycles. The molecule has 0 bridgehead atoms. The van der Waals surface area contributed by atoms with E-state index >= 15 is 0 Å². The molecule has 9 heteroatoms. The Balaban J connectivity index is 0.00000152. The summed E-state index contributed by atoms with van der Waals surface area (Å²) in [6, 6.07) is 12.1. The number of anilines is 3. The first-order valence-corrected chi connectivity index (χ1v) is 12.7. The zero-order valence-corrected chi connectivity index (χ0v) is 20.0. The van der Waals surface area contributed by atoms with E-state index in [0.717, 1.165) is 73.2 Å². The zero-order chi connectivity index (χ0) is 23.1. The van der Waals surface area contributed by atoms with E-state index in [0.29, 0.717) is 29.1 Å². The quantitative estimate of drug-likeness (QED) is 0.445.